The summed E-state index contributed by atoms with van der Waals surface area (Å²) in [6, 6.07) is 4.34. The minimum absolute atomic E-state index is 0.315. The molecule has 6 heteroatoms. The number of likely N-dealkylation sites (tertiary alicyclic amines) is 1. The second-order valence-corrected chi connectivity index (χ2v) is 5.85. The van der Waals surface area contributed by atoms with Crippen molar-refractivity contribution in [3.63, 3.8) is 0 Å². The largest absolute Gasteiger partial charge is 0.304 e. The topological polar surface area (TPSA) is 60.9 Å². The van der Waals surface area contributed by atoms with Crippen molar-refractivity contribution in [2.24, 2.45) is 0 Å². The van der Waals surface area contributed by atoms with Gasteiger partial charge < -0.3 is 4.90 Å². The van der Waals surface area contributed by atoms with Crippen LogP contribution in [0.3, 0.4) is 0 Å². The van der Waals surface area contributed by atoms with E-state index in [4.69, 9.17) is 4.98 Å². The van der Waals surface area contributed by atoms with Crippen LogP contribution in [-0.2, 0) is 13.1 Å². The Kier molecular flexibility index (Phi) is 4.26. The van der Waals surface area contributed by atoms with Gasteiger partial charge in [-0.25, -0.2) is 9.97 Å². The first-order chi connectivity index (χ1) is 10.2. The molecule has 1 N–H and O–H groups in total. The Labute approximate surface area is 125 Å². The van der Waals surface area contributed by atoms with E-state index in [9.17, 15) is 0 Å². The summed E-state index contributed by atoms with van der Waals surface area (Å²) in [5.74, 6) is 0.950. The predicted molar refractivity (Wildman–Crippen MR) is 80.4 cm³/mol. The average Bonchev–Trinajstić information content (AvgIpc) is 3.10. The van der Waals surface area contributed by atoms with E-state index in [1.807, 2.05) is 18.3 Å². The van der Waals surface area contributed by atoms with Gasteiger partial charge in [0.15, 0.2) is 0 Å². The summed E-state index contributed by atoms with van der Waals surface area (Å²) < 4.78 is 0. The molecule has 0 aliphatic carbocycles. The van der Waals surface area contributed by atoms with E-state index in [1.54, 1.807) is 6.20 Å². The minimum atomic E-state index is 0.315. The molecule has 1 saturated heterocycles. The van der Waals surface area contributed by atoms with Gasteiger partial charge in [0.05, 0.1) is 11.7 Å². The molecule has 0 spiro atoms. The van der Waals surface area contributed by atoms with Crippen molar-refractivity contribution in [2.45, 2.75) is 32.0 Å². The first-order valence-electron chi connectivity index (χ1n) is 7.41. The van der Waals surface area contributed by atoms with E-state index in [1.165, 1.54) is 6.42 Å². The molecular weight excluding hydrogens is 264 g/mol. The van der Waals surface area contributed by atoms with Crippen LogP contribution in [0.25, 0.3) is 0 Å². The summed E-state index contributed by atoms with van der Waals surface area (Å²) in [7, 11) is 4.11. The Hall–Kier alpha value is -1.79. The van der Waals surface area contributed by atoms with Crippen LogP contribution in [0.5, 0.6) is 0 Å². The average molecular weight is 286 g/mol. The first-order valence-corrected chi connectivity index (χ1v) is 7.41. The van der Waals surface area contributed by atoms with Crippen molar-refractivity contribution in [1.82, 2.24) is 30.0 Å². The normalized spacial score (nSPS) is 19.5. The molecule has 1 atom stereocenters. The van der Waals surface area contributed by atoms with Crippen LogP contribution in [0.2, 0.25) is 0 Å². The molecule has 3 rings (SSSR count). The molecule has 0 radical (unpaired) electrons. The van der Waals surface area contributed by atoms with Gasteiger partial charge >= 0.3 is 0 Å². The van der Waals surface area contributed by atoms with Gasteiger partial charge in [0, 0.05) is 31.2 Å². The Morgan fingerprint density at radius 1 is 1.33 bits per heavy atom. The van der Waals surface area contributed by atoms with E-state index in [0.29, 0.717) is 6.04 Å². The van der Waals surface area contributed by atoms with E-state index < -0.39 is 0 Å². The van der Waals surface area contributed by atoms with Crippen LogP contribution in [0.4, 0.5) is 0 Å². The second-order valence-electron chi connectivity index (χ2n) is 5.85. The number of hydrogen-bond acceptors (Lipinski definition) is 5. The number of aromatic nitrogens is 4. The minimum Gasteiger partial charge on any atom is -0.304 e. The molecule has 0 bridgehead atoms. The first kappa shape index (κ1) is 14.2. The maximum atomic E-state index is 4.75. The Balaban J connectivity index is 1.75. The Morgan fingerprint density at radius 2 is 2.24 bits per heavy atom. The summed E-state index contributed by atoms with van der Waals surface area (Å²) in [6.07, 6.45) is 6.00. The Bertz CT molecular complexity index is 565. The number of nitrogens with one attached hydrogen (secondary N) is 1. The quantitative estimate of drug-likeness (QED) is 0.904. The lowest BCUT2D eigenvalue weighted by Crippen LogP contribution is -2.25. The fourth-order valence-corrected chi connectivity index (χ4v) is 2.88. The molecule has 112 valence electrons. The summed E-state index contributed by atoms with van der Waals surface area (Å²) in [4.78, 5) is 13.8. The molecule has 1 aliphatic heterocycles. The van der Waals surface area contributed by atoms with Gasteiger partial charge in [-0.15, -0.1) is 0 Å². The van der Waals surface area contributed by atoms with Crippen molar-refractivity contribution in [2.75, 3.05) is 20.6 Å². The van der Waals surface area contributed by atoms with Crippen molar-refractivity contribution >= 4 is 0 Å². The molecule has 0 unspecified atom stereocenters. The van der Waals surface area contributed by atoms with Gasteiger partial charge in [-0.2, -0.15) is 5.10 Å². The van der Waals surface area contributed by atoms with Gasteiger partial charge in [0.1, 0.15) is 5.82 Å². The zero-order chi connectivity index (χ0) is 14.7. The number of nitrogens with zero attached hydrogens (tertiary/aromatic N) is 5. The van der Waals surface area contributed by atoms with Gasteiger partial charge in [-0.3, -0.25) is 10.00 Å². The predicted octanol–water partition coefficient (Wildman–Crippen LogP) is 1.60. The smallest absolute Gasteiger partial charge is 0.145 e. The third-order valence-corrected chi connectivity index (χ3v) is 3.80. The van der Waals surface area contributed by atoms with Gasteiger partial charge in [0.25, 0.3) is 0 Å². The zero-order valence-electron chi connectivity index (χ0n) is 12.7. The van der Waals surface area contributed by atoms with Gasteiger partial charge in [0.2, 0.25) is 0 Å². The molecule has 3 heterocycles. The molecular formula is C15H22N6. The Morgan fingerprint density at radius 3 is 3.00 bits per heavy atom. The highest BCUT2D eigenvalue weighted by Crippen LogP contribution is 2.30. The molecule has 0 amide bonds. The molecule has 1 aliphatic rings. The highest BCUT2D eigenvalue weighted by atomic mass is 15.2. The number of H-pyrrole nitrogens is 1. The number of rotatable bonds is 5. The van der Waals surface area contributed by atoms with Crippen LogP contribution in [0, 0.1) is 0 Å². The second kappa shape index (κ2) is 6.32. The van der Waals surface area contributed by atoms with E-state index in [0.717, 1.165) is 43.3 Å². The number of aromatic amines is 1. The van der Waals surface area contributed by atoms with E-state index >= 15 is 0 Å². The summed E-state index contributed by atoms with van der Waals surface area (Å²) in [6.45, 7) is 2.82. The third kappa shape index (κ3) is 3.46. The van der Waals surface area contributed by atoms with Gasteiger partial charge in [-0.1, -0.05) is 0 Å². The molecule has 0 aromatic carbocycles. The summed E-state index contributed by atoms with van der Waals surface area (Å²) in [5, 5.41) is 7.05. The monoisotopic (exact) mass is 286 g/mol. The summed E-state index contributed by atoms with van der Waals surface area (Å²) in [5.41, 5.74) is 2.23. The lowest BCUT2D eigenvalue weighted by molar-refractivity contribution is 0.236. The van der Waals surface area contributed by atoms with Crippen molar-refractivity contribution in [1.29, 1.82) is 0 Å². The van der Waals surface area contributed by atoms with Crippen LogP contribution < -0.4 is 0 Å². The van der Waals surface area contributed by atoms with Gasteiger partial charge in [-0.05, 0) is 45.6 Å². The van der Waals surface area contributed by atoms with E-state index in [-0.39, 0.29) is 0 Å². The zero-order valence-corrected chi connectivity index (χ0v) is 12.7. The van der Waals surface area contributed by atoms with Crippen LogP contribution >= 0.6 is 0 Å². The van der Waals surface area contributed by atoms with E-state index in [2.05, 4.69) is 39.1 Å². The molecule has 1 fully saturated rings. The fourth-order valence-electron chi connectivity index (χ4n) is 2.88. The summed E-state index contributed by atoms with van der Waals surface area (Å²) >= 11 is 0. The third-order valence-electron chi connectivity index (χ3n) is 3.80. The molecule has 0 saturated carbocycles. The highest BCUT2D eigenvalue weighted by molar-refractivity contribution is 5.08. The number of hydrogen-bond donors (Lipinski definition) is 1. The van der Waals surface area contributed by atoms with Crippen molar-refractivity contribution in [3.05, 3.63) is 41.7 Å². The fraction of sp³-hybridized carbons (Fsp3) is 0.533. The standard InChI is InChI=1S/C15H22N6/c1-20(2)10-12-5-7-16-15(18-12)14-4-3-9-21(14)11-13-6-8-17-19-13/h5-8,14H,3-4,9-11H2,1-2H3,(H,17,19)/t14-/m1/s1. The van der Waals surface area contributed by atoms with Crippen molar-refractivity contribution in [3.8, 4) is 0 Å². The lowest BCUT2D eigenvalue weighted by Gasteiger charge is -2.23. The molecule has 2 aromatic heterocycles. The highest BCUT2D eigenvalue weighted by Gasteiger charge is 2.28. The molecule has 6 nitrogen and oxygen atoms in total. The lowest BCUT2D eigenvalue weighted by atomic mass is 10.2. The maximum Gasteiger partial charge on any atom is 0.145 e. The SMILES string of the molecule is CN(C)Cc1ccnc([C@H]2CCCN2Cc2ccn[nH]2)n1. The van der Waals surface area contributed by atoms with Crippen LogP contribution in [0.15, 0.2) is 24.5 Å². The molecule has 21 heavy (non-hydrogen) atoms. The van der Waals surface area contributed by atoms with Crippen molar-refractivity contribution < 1.29 is 0 Å². The van der Waals surface area contributed by atoms with Crippen LogP contribution in [-0.4, -0.2) is 50.6 Å². The maximum absolute atomic E-state index is 4.75. The van der Waals surface area contributed by atoms with Crippen LogP contribution in [0.1, 0.15) is 36.1 Å². The molecule has 2 aromatic rings.